The number of anilines is 3. The molecular weight excluding hydrogens is 265 g/mol. The highest BCUT2D eigenvalue weighted by atomic mass is 35.5. The topological polar surface area (TPSA) is 38.0 Å². The molecule has 0 amide bonds. The summed E-state index contributed by atoms with van der Waals surface area (Å²) in [5.74, 6) is -2.49. The minimum Gasteiger partial charge on any atom is -0.399 e. The van der Waals surface area contributed by atoms with Gasteiger partial charge in [0, 0.05) is 10.7 Å². The smallest absolute Gasteiger partial charge is 0.151 e. The van der Waals surface area contributed by atoms with Gasteiger partial charge < -0.3 is 11.1 Å². The van der Waals surface area contributed by atoms with E-state index in [2.05, 4.69) is 5.32 Å². The summed E-state index contributed by atoms with van der Waals surface area (Å²) in [6.45, 7) is 0. The van der Waals surface area contributed by atoms with Gasteiger partial charge in [0.2, 0.25) is 0 Å². The Bertz CT molecular complexity index is 579. The van der Waals surface area contributed by atoms with Crippen LogP contribution in [0.4, 0.5) is 30.2 Å². The maximum absolute atomic E-state index is 13.5. The van der Waals surface area contributed by atoms with Crippen LogP contribution in [0.25, 0.3) is 0 Å². The molecule has 0 radical (unpaired) electrons. The van der Waals surface area contributed by atoms with E-state index < -0.39 is 23.1 Å². The molecule has 94 valence electrons. The summed E-state index contributed by atoms with van der Waals surface area (Å²) < 4.78 is 40.4. The molecule has 0 spiro atoms. The number of hydrogen-bond donors (Lipinski definition) is 2. The van der Waals surface area contributed by atoms with Crippen LogP contribution >= 0.6 is 11.6 Å². The fourth-order valence-electron chi connectivity index (χ4n) is 1.44. The first-order valence-corrected chi connectivity index (χ1v) is 5.32. The molecule has 0 aromatic heterocycles. The monoisotopic (exact) mass is 272 g/mol. The summed E-state index contributed by atoms with van der Waals surface area (Å²) in [6, 6.07) is 5.53. The van der Waals surface area contributed by atoms with E-state index in [-0.39, 0.29) is 16.4 Å². The van der Waals surface area contributed by atoms with Crippen molar-refractivity contribution in [3.63, 3.8) is 0 Å². The third-order valence-electron chi connectivity index (χ3n) is 2.25. The Balaban J connectivity index is 2.43. The molecule has 0 heterocycles. The lowest BCUT2D eigenvalue weighted by atomic mass is 10.2. The number of benzene rings is 2. The van der Waals surface area contributed by atoms with Crippen molar-refractivity contribution in [2.75, 3.05) is 11.1 Å². The zero-order valence-corrected chi connectivity index (χ0v) is 9.73. The summed E-state index contributed by atoms with van der Waals surface area (Å²) in [7, 11) is 0. The highest BCUT2D eigenvalue weighted by Gasteiger charge is 2.12. The van der Waals surface area contributed by atoms with Crippen LogP contribution in [0.15, 0.2) is 30.3 Å². The fraction of sp³-hybridized carbons (Fsp3) is 0. The van der Waals surface area contributed by atoms with E-state index in [9.17, 15) is 13.2 Å². The molecule has 18 heavy (non-hydrogen) atoms. The molecule has 0 saturated heterocycles. The number of halogens is 4. The minimum absolute atomic E-state index is 0.0536. The Morgan fingerprint density at radius 3 is 2.17 bits per heavy atom. The first-order valence-electron chi connectivity index (χ1n) is 4.94. The number of hydrogen-bond acceptors (Lipinski definition) is 2. The van der Waals surface area contributed by atoms with Gasteiger partial charge in [-0.3, -0.25) is 0 Å². The molecule has 0 unspecified atom stereocenters. The second-order valence-electron chi connectivity index (χ2n) is 3.61. The maximum atomic E-state index is 13.5. The van der Waals surface area contributed by atoms with E-state index in [0.29, 0.717) is 0 Å². The van der Waals surface area contributed by atoms with E-state index in [4.69, 9.17) is 17.3 Å². The SMILES string of the molecule is Nc1cc(F)c(Nc2cc(Cl)ccc2F)c(F)c1. The van der Waals surface area contributed by atoms with Crippen LogP contribution in [0.3, 0.4) is 0 Å². The van der Waals surface area contributed by atoms with E-state index in [1.165, 1.54) is 12.1 Å². The average molecular weight is 273 g/mol. The Labute approximate surface area is 106 Å². The van der Waals surface area contributed by atoms with Crippen molar-refractivity contribution in [1.82, 2.24) is 0 Å². The number of nitrogens with one attached hydrogen (secondary N) is 1. The number of nitrogen functional groups attached to an aromatic ring is 1. The van der Waals surface area contributed by atoms with Gasteiger partial charge in [0.25, 0.3) is 0 Å². The molecule has 3 N–H and O–H groups in total. The predicted octanol–water partition coefficient (Wildman–Crippen LogP) is 4.08. The van der Waals surface area contributed by atoms with Gasteiger partial charge in [-0.1, -0.05) is 11.6 Å². The lowest BCUT2D eigenvalue weighted by Gasteiger charge is -2.10. The van der Waals surface area contributed by atoms with Crippen molar-refractivity contribution in [1.29, 1.82) is 0 Å². The normalized spacial score (nSPS) is 10.4. The van der Waals surface area contributed by atoms with E-state index in [0.717, 1.165) is 18.2 Å². The Morgan fingerprint density at radius 2 is 1.56 bits per heavy atom. The third-order valence-corrected chi connectivity index (χ3v) is 2.49. The molecular formula is C12H8ClF3N2. The zero-order valence-electron chi connectivity index (χ0n) is 8.98. The summed E-state index contributed by atoms with van der Waals surface area (Å²) in [4.78, 5) is 0. The van der Waals surface area contributed by atoms with Crippen molar-refractivity contribution in [3.05, 3.63) is 52.8 Å². The average Bonchev–Trinajstić information content (AvgIpc) is 2.28. The molecule has 0 fully saturated rings. The highest BCUT2D eigenvalue weighted by Crippen LogP contribution is 2.28. The van der Waals surface area contributed by atoms with Crippen LogP contribution in [-0.2, 0) is 0 Å². The standard InChI is InChI=1S/C12H8ClF3N2/c13-6-1-2-8(14)11(3-6)18-12-9(15)4-7(17)5-10(12)16/h1-5,18H,17H2. The van der Waals surface area contributed by atoms with Crippen LogP contribution in [0.5, 0.6) is 0 Å². The fourth-order valence-corrected chi connectivity index (χ4v) is 1.61. The van der Waals surface area contributed by atoms with Crippen LogP contribution in [-0.4, -0.2) is 0 Å². The molecule has 0 bridgehead atoms. The van der Waals surface area contributed by atoms with E-state index >= 15 is 0 Å². The number of nitrogens with two attached hydrogens (primary N) is 1. The van der Waals surface area contributed by atoms with Gasteiger partial charge in [0.05, 0.1) is 5.69 Å². The van der Waals surface area contributed by atoms with Gasteiger partial charge >= 0.3 is 0 Å². The molecule has 0 aliphatic heterocycles. The Morgan fingerprint density at radius 1 is 0.944 bits per heavy atom. The van der Waals surface area contributed by atoms with Crippen molar-refractivity contribution < 1.29 is 13.2 Å². The van der Waals surface area contributed by atoms with Crippen LogP contribution < -0.4 is 11.1 Å². The van der Waals surface area contributed by atoms with Gasteiger partial charge in [-0.2, -0.15) is 0 Å². The summed E-state index contributed by atoms with van der Waals surface area (Å²) in [6.07, 6.45) is 0. The van der Waals surface area contributed by atoms with E-state index in [1.807, 2.05) is 0 Å². The van der Waals surface area contributed by atoms with Crippen LogP contribution in [0.1, 0.15) is 0 Å². The lowest BCUT2D eigenvalue weighted by molar-refractivity contribution is 0.590. The molecule has 0 atom stereocenters. The second-order valence-corrected chi connectivity index (χ2v) is 4.05. The molecule has 2 nitrogen and oxygen atoms in total. The second kappa shape index (κ2) is 4.78. The molecule has 0 saturated carbocycles. The summed E-state index contributed by atoms with van der Waals surface area (Å²) in [5, 5.41) is 2.56. The van der Waals surface area contributed by atoms with E-state index in [1.54, 1.807) is 0 Å². The first-order chi connectivity index (χ1) is 8.47. The summed E-state index contributed by atoms with van der Waals surface area (Å²) >= 11 is 5.67. The van der Waals surface area contributed by atoms with Gasteiger partial charge in [0.1, 0.15) is 11.5 Å². The molecule has 6 heteroatoms. The van der Waals surface area contributed by atoms with Crippen LogP contribution in [0.2, 0.25) is 5.02 Å². The first kappa shape index (κ1) is 12.6. The molecule has 2 aromatic carbocycles. The largest absolute Gasteiger partial charge is 0.399 e. The van der Waals surface area contributed by atoms with Crippen molar-refractivity contribution in [2.45, 2.75) is 0 Å². The lowest BCUT2D eigenvalue weighted by Crippen LogP contribution is -2.01. The van der Waals surface area contributed by atoms with Gasteiger partial charge in [-0.15, -0.1) is 0 Å². The quantitative estimate of drug-likeness (QED) is 0.808. The molecule has 2 rings (SSSR count). The molecule has 0 aliphatic carbocycles. The summed E-state index contributed by atoms with van der Waals surface area (Å²) in [5.41, 5.74) is 4.62. The maximum Gasteiger partial charge on any atom is 0.151 e. The van der Waals surface area contributed by atoms with Gasteiger partial charge in [-0.05, 0) is 30.3 Å². The van der Waals surface area contributed by atoms with Gasteiger partial charge in [-0.25, -0.2) is 13.2 Å². The van der Waals surface area contributed by atoms with Crippen molar-refractivity contribution in [2.24, 2.45) is 0 Å². The zero-order chi connectivity index (χ0) is 13.3. The van der Waals surface area contributed by atoms with Gasteiger partial charge in [0.15, 0.2) is 11.6 Å². The van der Waals surface area contributed by atoms with Crippen molar-refractivity contribution in [3.8, 4) is 0 Å². The van der Waals surface area contributed by atoms with Crippen LogP contribution in [0, 0.1) is 17.5 Å². The minimum atomic E-state index is -0.910. The Hall–Kier alpha value is -1.88. The third kappa shape index (κ3) is 2.51. The van der Waals surface area contributed by atoms with Crippen molar-refractivity contribution >= 4 is 28.7 Å². The molecule has 0 aliphatic rings. The molecule has 2 aromatic rings. The Kier molecular flexibility index (Phi) is 3.34. The highest BCUT2D eigenvalue weighted by molar-refractivity contribution is 6.30. The number of rotatable bonds is 2. The predicted molar refractivity (Wildman–Crippen MR) is 65.5 cm³/mol.